The fraction of sp³-hybridized carbons (Fsp3) is 0.500. The van der Waals surface area contributed by atoms with Crippen LogP contribution >= 0.6 is 7.92 Å². The van der Waals surface area contributed by atoms with E-state index in [0.29, 0.717) is 0 Å². The van der Waals surface area contributed by atoms with Crippen LogP contribution in [0.5, 0.6) is 0 Å². The maximum atomic E-state index is 2.42. The lowest BCUT2D eigenvalue weighted by Crippen LogP contribution is -2.01. The van der Waals surface area contributed by atoms with Gasteiger partial charge in [-0.1, -0.05) is 19.6 Å². The van der Waals surface area contributed by atoms with Gasteiger partial charge in [-0.15, -0.1) is 0 Å². The second kappa shape index (κ2) is 2.82. The summed E-state index contributed by atoms with van der Waals surface area (Å²) in [5.41, 5.74) is 7.08. The average molecular weight is 192 g/mol. The molecule has 0 aromatic heterocycles. The Morgan fingerprint density at radius 2 is 1.69 bits per heavy atom. The lowest BCUT2D eigenvalue weighted by molar-refractivity contribution is 1.19. The van der Waals surface area contributed by atoms with Crippen LogP contribution in [0, 0.1) is 0 Å². The predicted octanol–water partition coefficient (Wildman–Crippen LogP) is 4.05. The fourth-order valence-corrected chi connectivity index (χ4v) is 4.58. The number of fused-ring (bicyclic) bond motifs is 1. The Labute approximate surface area is 82.2 Å². The molecule has 2 rings (SSSR count). The molecule has 0 fully saturated rings. The molecule has 13 heavy (non-hydrogen) atoms. The average Bonchev–Trinajstić information content (AvgIpc) is 2.48. The standard InChI is InChI=1S/C12H17P/c1-7-6-11-9(3)8(2)10(4)12(11)13(7)5/h6,12H,1-5H3. The van der Waals surface area contributed by atoms with Crippen molar-refractivity contribution in [3.63, 3.8) is 0 Å². The van der Waals surface area contributed by atoms with Gasteiger partial charge < -0.3 is 0 Å². The summed E-state index contributed by atoms with van der Waals surface area (Å²) < 4.78 is 0. The molecule has 1 aliphatic heterocycles. The van der Waals surface area contributed by atoms with Crippen LogP contribution in [0.25, 0.3) is 0 Å². The van der Waals surface area contributed by atoms with Crippen LogP contribution in [0.3, 0.4) is 0 Å². The Hall–Kier alpha value is -0.350. The quantitative estimate of drug-likeness (QED) is 0.508. The van der Waals surface area contributed by atoms with Gasteiger partial charge in [0.05, 0.1) is 0 Å². The van der Waals surface area contributed by atoms with Crippen molar-refractivity contribution < 1.29 is 0 Å². The van der Waals surface area contributed by atoms with E-state index in [1.807, 2.05) is 0 Å². The Kier molecular flexibility index (Phi) is 2.00. The van der Waals surface area contributed by atoms with Gasteiger partial charge in [0, 0.05) is 5.66 Å². The van der Waals surface area contributed by atoms with Gasteiger partial charge in [0.1, 0.15) is 0 Å². The molecule has 0 nitrogen and oxygen atoms in total. The summed E-state index contributed by atoms with van der Waals surface area (Å²) in [4.78, 5) is 0. The van der Waals surface area contributed by atoms with Gasteiger partial charge in [0.25, 0.3) is 0 Å². The monoisotopic (exact) mass is 192 g/mol. The second-order valence-corrected chi connectivity index (χ2v) is 6.63. The van der Waals surface area contributed by atoms with Crippen molar-refractivity contribution in [1.29, 1.82) is 0 Å². The Morgan fingerprint density at radius 3 is 2.23 bits per heavy atom. The third-order valence-electron chi connectivity index (χ3n) is 3.60. The van der Waals surface area contributed by atoms with E-state index in [-0.39, 0.29) is 7.92 Å². The van der Waals surface area contributed by atoms with Gasteiger partial charge in [-0.25, -0.2) is 0 Å². The van der Waals surface area contributed by atoms with E-state index in [0.717, 1.165) is 5.66 Å². The van der Waals surface area contributed by atoms with Crippen molar-refractivity contribution in [1.82, 2.24) is 0 Å². The third kappa shape index (κ3) is 1.08. The van der Waals surface area contributed by atoms with Crippen LogP contribution in [-0.4, -0.2) is 12.3 Å². The van der Waals surface area contributed by atoms with E-state index < -0.39 is 0 Å². The lowest BCUT2D eigenvalue weighted by atomic mass is 10.1. The number of hydrogen-bond acceptors (Lipinski definition) is 0. The molecule has 1 heterocycles. The molecule has 0 N–H and O–H groups in total. The zero-order valence-corrected chi connectivity index (χ0v) is 10.00. The van der Waals surface area contributed by atoms with E-state index in [9.17, 15) is 0 Å². The highest BCUT2D eigenvalue weighted by molar-refractivity contribution is 7.63. The maximum Gasteiger partial charge on any atom is 0.0291 e. The Morgan fingerprint density at radius 1 is 1.08 bits per heavy atom. The molecule has 0 spiro atoms. The summed E-state index contributed by atoms with van der Waals surface area (Å²) in [7, 11) is 0.0862. The Balaban J connectivity index is 2.54. The van der Waals surface area contributed by atoms with E-state index in [1.54, 1.807) is 16.5 Å². The SMILES string of the molecule is CC1=CC2=C(C)C(C)=C(C)C2P1C. The molecule has 0 aromatic carbocycles. The van der Waals surface area contributed by atoms with Gasteiger partial charge in [0.2, 0.25) is 0 Å². The summed E-state index contributed by atoms with van der Waals surface area (Å²) in [6.07, 6.45) is 2.42. The molecular formula is C12H17P. The van der Waals surface area contributed by atoms with Crippen molar-refractivity contribution >= 4 is 7.92 Å². The lowest BCUT2D eigenvalue weighted by Gasteiger charge is -2.17. The molecule has 1 aliphatic carbocycles. The van der Waals surface area contributed by atoms with Crippen molar-refractivity contribution in [3.8, 4) is 0 Å². The molecule has 0 radical (unpaired) electrons. The topological polar surface area (TPSA) is 0 Å². The van der Waals surface area contributed by atoms with Crippen LogP contribution < -0.4 is 0 Å². The fourth-order valence-electron chi connectivity index (χ4n) is 2.37. The van der Waals surface area contributed by atoms with Crippen molar-refractivity contribution in [2.45, 2.75) is 33.4 Å². The van der Waals surface area contributed by atoms with Gasteiger partial charge in [-0.3, -0.25) is 0 Å². The molecule has 2 atom stereocenters. The molecule has 2 aliphatic rings. The molecule has 0 amide bonds. The molecule has 0 bridgehead atoms. The summed E-state index contributed by atoms with van der Waals surface area (Å²) in [6, 6.07) is 0. The highest BCUT2D eigenvalue weighted by Gasteiger charge is 2.34. The zero-order chi connectivity index (χ0) is 9.75. The molecule has 1 heteroatoms. The van der Waals surface area contributed by atoms with Crippen LogP contribution in [0.15, 0.2) is 33.7 Å². The minimum atomic E-state index is 0.0862. The first kappa shape index (κ1) is 9.21. The van der Waals surface area contributed by atoms with Crippen molar-refractivity contribution in [3.05, 3.63) is 33.7 Å². The summed E-state index contributed by atoms with van der Waals surface area (Å²) >= 11 is 0. The second-order valence-electron chi connectivity index (χ2n) is 4.19. The Bertz CT molecular complexity index is 355. The number of allylic oxidation sites excluding steroid dienone is 6. The third-order valence-corrected chi connectivity index (χ3v) is 6.28. The minimum Gasteiger partial charge on any atom is -0.0714 e. The predicted molar refractivity (Wildman–Crippen MR) is 61.5 cm³/mol. The molecule has 0 saturated carbocycles. The van der Waals surface area contributed by atoms with E-state index in [1.165, 1.54) is 11.1 Å². The first-order valence-electron chi connectivity index (χ1n) is 4.83. The first-order chi connectivity index (χ1) is 6.04. The highest BCUT2D eigenvalue weighted by atomic mass is 31.1. The van der Waals surface area contributed by atoms with Crippen LogP contribution in [-0.2, 0) is 0 Å². The van der Waals surface area contributed by atoms with E-state index in [2.05, 4.69) is 40.4 Å². The van der Waals surface area contributed by atoms with Crippen molar-refractivity contribution in [2.75, 3.05) is 6.66 Å². The summed E-state index contributed by atoms with van der Waals surface area (Å²) in [5.74, 6) is 0. The minimum absolute atomic E-state index is 0.0862. The molecule has 2 unspecified atom stereocenters. The summed E-state index contributed by atoms with van der Waals surface area (Å²) in [6.45, 7) is 11.5. The van der Waals surface area contributed by atoms with E-state index in [4.69, 9.17) is 0 Å². The largest absolute Gasteiger partial charge is 0.0714 e. The van der Waals surface area contributed by atoms with Crippen LogP contribution in [0.4, 0.5) is 0 Å². The molecule has 0 saturated heterocycles. The first-order valence-corrected chi connectivity index (χ1v) is 6.69. The van der Waals surface area contributed by atoms with Crippen LogP contribution in [0.1, 0.15) is 27.7 Å². The van der Waals surface area contributed by atoms with Crippen LogP contribution in [0.2, 0.25) is 0 Å². The summed E-state index contributed by atoms with van der Waals surface area (Å²) in [5, 5.41) is 1.61. The zero-order valence-electron chi connectivity index (χ0n) is 9.10. The van der Waals surface area contributed by atoms with Gasteiger partial charge in [-0.05, 0) is 56.4 Å². The van der Waals surface area contributed by atoms with Gasteiger partial charge >= 0.3 is 0 Å². The van der Waals surface area contributed by atoms with Crippen molar-refractivity contribution in [2.24, 2.45) is 0 Å². The molecule has 70 valence electrons. The van der Waals surface area contributed by atoms with E-state index >= 15 is 0 Å². The van der Waals surface area contributed by atoms with Gasteiger partial charge in [-0.2, -0.15) is 0 Å². The number of rotatable bonds is 0. The molecular weight excluding hydrogens is 175 g/mol. The van der Waals surface area contributed by atoms with Gasteiger partial charge in [0.15, 0.2) is 0 Å². The smallest absolute Gasteiger partial charge is 0.0291 e. The maximum absolute atomic E-state index is 2.42. The number of hydrogen-bond donors (Lipinski definition) is 0. The normalized spacial score (nSPS) is 32.8. The molecule has 0 aromatic rings. The highest BCUT2D eigenvalue weighted by Crippen LogP contribution is 2.60.